The Morgan fingerprint density at radius 2 is 2.20 bits per heavy atom. The molecule has 15 heavy (non-hydrogen) atoms. The average molecular weight is 243 g/mol. The highest BCUT2D eigenvalue weighted by molar-refractivity contribution is 7.99. The standard InChI is InChI=1S/C11H15ClN2S/c1-9-6-11(10(7-12)8-13-9)14-2-4-15-5-3-14/h6,8H,2-5,7H2,1H3. The Balaban J connectivity index is 2.27. The van der Waals surface area contributed by atoms with Crippen LogP contribution in [0.2, 0.25) is 0 Å². The number of pyridine rings is 1. The second-order valence-corrected chi connectivity index (χ2v) is 5.18. The molecule has 0 N–H and O–H groups in total. The predicted octanol–water partition coefficient (Wildman–Crippen LogP) is 2.68. The summed E-state index contributed by atoms with van der Waals surface area (Å²) in [6.07, 6.45) is 1.90. The van der Waals surface area contributed by atoms with Crippen molar-refractivity contribution in [2.24, 2.45) is 0 Å². The van der Waals surface area contributed by atoms with Crippen LogP contribution in [0.5, 0.6) is 0 Å². The Morgan fingerprint density at radius 3 is 2.87 bits per heavy atom. The third-order valence-corrected chi connectivity index (χ3v) is 3.82. The number of nitrogens with zero attached hydrogens (tertiary/aromatic N) is 2. The molecule has 2 heterocycles. The molecule has 1 aromatic rings. The number of aromatic nitrogens is 1. The van der Waals surface area contributed by atoms with Crippen LogP contribution in [0.25, 0.3) is 0 Å². The van der Waals surface area contributed by atoms with E-state index in [1.165, 1.54) is 17.2 Å². The van der Waals surface area contributed by atoms with Gasteiger partial charge in [-0.2, -0.15) is 11.8 Å². The van der Waals surface area contributed by atoms with Crippen molar-refractivity contribution >= 4 is 29.1 Å². The molecular weight excluding hydrogens is 228 g/mol. The first-order chi connectivity index (χ1) is 7.31. The van der Waals surface area contributed by atoms with Crippen molar-refractivity contribution in [1.29, 1.82) is 0 Å². The summed E-state index contributed by atoms with van der Waals surface area (Å²) in [5.74, 6) is 2.97. The summed E-state index contributed by atoms with van der Waals surface area (Å²) >= 11 is 7.95. The van der Waals surface area contributed by atoms with Crippen LogP contribution in [0.15, 0.2) is 12.3 Å². The average Bonchev–Trinajstić information content (AvgIpc) is 2.30. The van der Waals surface area contributed by atoms with E-state index < -0.39 is 0 Å². The van der Waals surface area contributed by atoms with Gasteiger partial charge in [0.2, 0.25) is 0 Å². The molecule has 1 saturated heterocycles. The minimum absolute atomic E-state index is 0.548. The normalized spacial score (nSPS) is 16.8. The Bertz CT molecular complexity index is 337. The number of halogens is 1. The second-order valence-electron chi connectivity index (χ2n) is 3.69. The fraction of sp³-hybridized carbons (Fsp3) is 0.545. The molecule has 0 aromatic carbocycles. The zero-order valence-electron chi connectivity index (χ0n) is 8.87. The first-order valence-corrected chi connectivity index (χ1v) is 6.84. The molecule has 82 valence electrons. The first-order valence-electron chi connectivity index (χ1n) is 5.15. The van der Waals surface area contributed by atoms with Crippen molar-refractivity contribution in [3.05, 3.63) is 23.5 Å². The first kappa shape index (κ1) is 11.1. The number of rotatable bonds is 2. The SMILES string of the molecule is Cc1cc(N2CCSCC2)c(CCl)cn1. The Morgan fingerprint density at radius 1 is 1.47 bits per heavy atom. The molecular formula is C11H15ClN2S. The lowest BCUT2D eigenvalue weighted by atomic mass is 10.2. The molecule has 0 aliphatic carbocycles. The van der Waals surface area contributed by atoms with Gasteiger partial charge in [0.1, 0.15) is 0 Å². The minimum atomic E-state index is 0.548. The van der Waals surface area contributed by atoms with Crippen molar-refractivity contribution in [2.75, 3.05) is 29.5 Å². The maximum Gasteiger partial charge on any atom is 0.0509 e. The molecule has 2 nitrogen and oxygen atoms in total. The van der Waals surface area contributed by atoms with E-state index >= 15 is 0 Å². The van der Waals surface area contributed by atoms with Gasteiger partial charge in [0.25, 0.3) is 0 Å². The van der Waals surface area contributed by atoms with Crippen molar-refractivity contribution in [2.45, 2.75) is 12.8 Å². The van der Waals surface area contributed by atoms with Gasteiger partial charge in [-0.15, -0.1) is 11.6 Å². The highest BCUT2D eigenvalue weighted by atomic mass is 35.5. The fourth-order valence-corrected chi connectivity index (χ4v) is 2.88. The molecule has 0 amide bonds. The number of alkyl halides is 1. The van der Waals surface area contributed by atoms with Gasteiger partial charge in [0.05, 0.1) is 5.88 Å². The number of hydrogen-bond acceptors (Lipinski definition) is 3. The summed E-state index contributed by atoms with van der Waals surface area (Å²) < 4.78 is 0. The highest BCUT2D eigenvalue weighted by Gasteiger charge is 2.14. The van der Waals surface area contributed by atoms with Crippen LogP contribution in [0.1, 0.15) is 11.3 Å². The van der Waals surface area contributed by atoms with Crippen LogP contribution in [0, 0.1) is 6.92 Å². The van der Waals surface area contributed by atoms with E-state index in [0.717, 1.165) is 24.3 Å². The van der Waals surface area contributed by atoms with Gasteiger partial charge in [-0.25, -0.2) is 0 Å². The zero-order chi connectivity index (χ0) is 10.7. The Kier molecular flexibility index (Phi) is 3.76. The van der Waals surface area contributed by atoms with E-state index in [2.05, 4.69) is 16.0 Å². The molecule has 0 spiro atoms. The fourth-order valence-electron chi connectivity index (χ4n) is 1.78. The smallest absolute Gasteiger partial charge is 0.0509 e. The molecule has 1 aliphatic rings. The van der Waals surface area contributed by atoms with Crippen molar-refractivity contribution in [1.82, 2.24) is 4.98 Å². The molecule has 1 aliphatic heterocycles. The van der Waals surface area contributed by atoms with E-state index in [0.29, 0.717) is 5.88 Å². The summed E-state index contributed by atoms with van der Waals surface area (Å²) in [4.78, 5) is 6.71. The second kappa shape index (κ2) is 5.08. The molecule has 1 fully saturated rings. The number of thioether (sulfide) groups is 1. The van der Waals surface area contributed by atoms with E-state index in [-0.39, 0.29) is 0 Å². The van der Waals surface area contributed by atoms with E-state index in [9.17, 15) is 0 Å². The summed E-state index contributed by atoms with van der Waals surface area (Å²) in [5, 5.41) is 0. The Labute approximate surface area is 100 Å². The maximum atomic E-state index is 5.93. The molecule has 0 saturated carbocycles. The van der Waals surface area contributed by atoms with Gasteiger partial charge < -0.3 is 4.90 Å². The third-order valence-electron chi connectivity index (χ3n) is 2.59. The van der Waals surface area contributed by atoms with Crippen molar-refractivity contribution in [3.8, 4) is 0 Å². The van der Waals surface area contributed by atoms with Crippen molar-refractivity contribution < 1.29 is 0 Å². The number of hydrogen-bond donors (Lipinski definition) is 0. The zero-order valence-corrected chi connectivity index (χ0v) is 10.4. The van der Waals surface area contributed by atoms with Crippen LogP contribution >= 0.6 is 23.4 Å². The van der Waals surface area contributed by atoms with E-state index in [4.69, 9.17) is 11.6 Å². The molecule has 1 aromatic heterocycles. The lowest BCUT2D eigenvalue weighted by Crippen LogP contribution is -2.33. The number of aryl methyl sites for hydroxylation is 1. The van der Waals surface area contributed by atoms with Gasteiger partial charge >= 0.3 is 0 Å². The van der Waals surface area contributed by atoms with Gasteiger partial charge in [-0.1, -0.05) is 0 Å². The molecule has 0 atom stereocenters. The van der Waals surface area contributed by atoms with Gasteiger partial charge in [-0.05, 0) is 13.0 Å². The van der Waals surface area contributed by atoms with Crippen LogP contribution in [-0.4, -0.2) is 29.6 Å². The van der Waals surface area contributed by atoms with Gasteiger partial charge in [0.15, 0.2) is 0 Å². The lowest BCUT2D eigenvalue weighted by molar-refractivity contribution is 0.849. The van der Waals surface area contributed by atoms with Crippen LogP contribution in [0.4, 0.5) is 5.69 Å². The molecule has 0 unspecified atom stereocenters. The summed E-state index contributed by atoms with van der Waals surface area (Å²) in [6, 6.07) is 2.15. The van der Waals surface area contributed by atoms with Crippen LogP contribution in [0.3, 0.4) is 0 Å². The maximum absolute atomic E-state index is 5.93. The summed E-state index contributed by atoms with van der Waals surface area (Å²) in [6.45, 7) is 4.27. The minimum Gasteiger partial charge on any atom is -0.370 e. The largest absolute Gasteiger partial charge is 0.370 e. The van der Waals surface area contributed by atoms with E-state index in [1.54, 1.807) is 0 Å². The molecule has 0 radical (unpaired) electrons. The molecule has 4 heteroatoms. The van der Waals surface area contributed by atoms with E-state index in [1.807, 2.05) is 24.9 Å². The van der Waals surface area contributed by atoms with Gasteiger partial charge in [0, 0.05) is 47.7 Å². The van der Waals surface area contributed by atoms with Gasteiger partial charge in [-0.3, -0.25) is 4.98 Å². The Hall–Kier alpha value is -0.410. The predicted molar refractivity (Wildman–Crippen MR) is 68.1 cm³/mol. The summed E-state index contributed by atoms with van der Waals surface area (Å²) in [5.41, 5.74) is 3.49. The lowest BCUT2D eigenvalue weighted by Gasteiger charge is -2.30. The monoisotopic (exact) mass is 242 g/mol. The van der Waals surface area contributed by atoms with Crippen LogP contribution < -0.4 is 4.90 Å². The summed E-state index contributed by atoms with van der Waals surface area (Å²) in [7, 11) is 0. The highest BCUT2D eigenvalue weighted by Crippen LogP contribution is 2.25. The molecule has 2 rings (SSSR count). The van der Waals surface area contributed by atoms with Crippen LogP contribution in [-0.2, 0) is 5.88 Å². The molecule has 0 bridgehead atoms. The quantitative estimate of drug-likeness (QED) is 0.742. The van der Waals surface area contributed by atoms with Crippen molar-refractivity contribution in [3.63, 3.8) is 0 Å². The third kappa shape index (κ3) is 2.58. The topological polar surface area (TPSA) is 16.1 Å². The number of anilines is 1.